The zero-order valence-electron chi connectivity index (χ0n) is 6.40. The quantitative estimate of drug-likeness (QED) is 0.619. The number of Topliss-reactive ketones (excluding diaryl/α,β-unsaturated/α-hetero) is 1. The Morgan fingerprint density at radius 1 is 1.83 bits per heavy atom. The van der Waals surface area contributed by atoms with Crippen LogP contribution in [-0.2, 0) is 9.59 Å². The number of thioether (sulfide) groups is 1. The number of aliphatic imine (C=N–C) groups is 1. The summed E-state index contributed by atoms with van der Waals surface area (Å²) < 4.78 is 0. The van der Waals surface area contributed by atoms with Crippen molar-refractivity contribution < 1.29 is 9.59 Å². The molecular weight excluding hydrogens is 176 g/mol. The lowest BCUT2D eigenvalue weighted by atomic mass is 10.1. The third kappa shape index (κ3) is 1.71. The Balaban J connectivity index is 2.82. The van der Waals surface area contributed by atoms with Crippen LogP contribution in [0.15, 0.2) is 4.99 Å². The molecule has 1 atom stereocenters. The molecule has 0 saturated heterocycles. The van der Waals surface area contributed by atoms with Gasteiger partial charge in [-0.05, 0) is 6.92 Å². The summed E-state index contributed by atoms with van der Waals surface area (Å²) in [5.41, 5.74) is 0. The van der Waals surface area contributed by atoms with Gasteiger partial charge < -0.3 is 0 Å². The smallest absolute Gasteiger partial charge is 0.256 e. The number of nitrogens with zero attached hydrogens (tertiary/aromatic N) is 2. The van der Waals surface area contributed by atoms with Crippen LogP contribution in [0.4, 0.5) is 0 Å². The monoisotopic (exact) mass is 182 g/mol. The van der Waals surface area contributed by atoms with Crippen LogP contribution in [0, 0.1) is 17.2 Å². The van der Waals surface area contributed by atoms with Crippen LogP contribution in [0.1, 0.15) is 6.92 Å². The van der Waals surface area contributed by atoms with Crippen LogP contribution in [0.25, 0.3) is 0 Å². The summed E-state index contributed by atoms with van der Waals surface area (Å²) in [6, 6.07) is 1.81. The summed E-state index contributed by atoms with van der Waals surface area (Å²) >= 11 is 1.17. The van der Waals surface area contributed by atoms with Crippen molar-refractivity contribution in [1.29, 1.82) is 5.26 Å². The largest absolute Gasteiger partial charge is 0.298 e. The summed E-state index contributed by atoms with van der Waals surface area (Å²) in [6.07, 6.45) is 0. The molecule has 0 radical (unpaired) electrons. The van der Waals surface area contributed by atoms with E-state index in [1.165, 1.54) is 18.7 Å². The molecule has 0 fully saturated rings. The highest BCUT2D eigenvalue weighted by Crippen LogP contribution is 2.20. The van der Waals surface area contributed by atoms with Crippen LogP contribution in [0.5, 0.6) is 0 Å². The second-order valence-electron chi connectivity index (χ2n) is 2.31. The zero-order valence-corrected chi connectivity index (χ0v) is 7.22. The van der Waals surface area contributed by atoms with Crippen molar-refractivity contribution in [3.63, 3.8) is 0 Å². The maximum atomic E-state index is 10.8. The molecular formula is C7H6N2O2S. The lowest BCUT2D eigenvalue weighted by molar-refractivity contribution is -0.117. The highest BCUT2D eigenvalue weighted by atomic mass is 32.2. The Kier molecular flexibility index (Phi) is 2.61. The Morgan fingerprint density at radius 2 is 2.50 bits per heavy atom. The highest BCUT2D eigenvalue weighted by Gasteiger charge is 2.26. The number of hydrogen-bond donors (Lipinski definition) is 0. The van der Waals surface area contributed by atoms with E-state index in [2.05, 4.69) is 4.99 Å². The van der Waals surface area contributed by atoms with E-state index in [1.54, 1.807) is 0 Å². The Bertz CT molecular complexity index is 303. The normalized spacial score (nSPS) is 18.3. The van der Waals surface area contributed by atoms with Gasteiger partial charge in [-0.25, -0.2) is 4.99 Å². The van der Waals surface area contributed by atoms with E-state index in [0.717, 1.165) is 0 Å². The number of carbonyl (C=O) groups excluding carboxylic acids is 2. The Labute approximate surface area is 73.7 Å². The zero-order chi connectivity index (χ0) is 9.14. The molecule has 0 N–H and O–H groups in total. The lowest BCUT2D eigenvalue weighted by Crippen LogP contribution is -2.16. The predicted octanol–water partition coefficient (Wildman–Crippen LogP) is 0.387. The molecule has 1 amide bonds. The first kappa shape index (κ1) is 8.94. The molecule has 5 heteroatoms. The molecule has 1 rings (SSSR count). The average Bonchev–Trinajstić information content (AvgIpc) is 2.37. The lowest BCUT2D eigenvalue weighted by Gasteiger charge is -2.00. The molecule has 62 valence electrons. The molecule has 1 unspecified atom stereocenters. The summed E-state index contributed by atoms with van der Waals surface area (Å²) in [5, 5.41) is 8.91. The molecule has 0 bridgehead atoms. The second-order valence-corrected chi connectivity index (χ2v) is 3.30. The van der Waals surface area contributed by atoms with Crippen molar-refractivity contribution in [2.75, 3.05) is 5.75 Å². The number of amides is 1. The van der Waals surface area contributed by atoms with Crippen molar-refractivity contribution in [3.05, 3.63) is 0 Å². The van der Waals surface area contributed by atoms with Crippen molar-refractivity contribution >= 4 is 28.5 Å². The molecule has 0 saturated carbocycles. The average molecular weight is 182 g/mol. The van der Waals surface area contributed by atoms with Gasteiger partial charge in [0.05, 0.1) is 11.8 Å². The molecule has 0 aliphatic carbocycles. The second kappa shape index (κ2) is 3.50. The van der Waals surface area contributed by atoms with E-state index in [9.17, 15) is 9.59 Å². The summed E-state index contributed by atoms with van der Waals surface area (Å²) in [5.74, 6) is -1.13. The first-order chi connectivity index (χ1) is 5.65. The van der Waals surface area contributed by atoms with Gasteiger partial charge in [0.2, 0.25) is 0 Å². The predicted molar refractivity (Wildman–Crippen MR) is 44.7 cm³/mol. The van der Waals surface area contributed by atoms with Crippen LogP contribution in [0.2, 0.25) is 0 Å². The fraction of sp³-hybridized carbons (Fsp3) is 0.429. The Morgan fingerprint density at radius 3 is 2.83 bits per heavy atom. The fourth-order valence-electron chi connectivity index (χ4n) is 0.791. The van der Waals surface area contributed by atoms with Crippen LogP contribution in [-0.4, -0.2) is 22.5 Å². The number of carbonyl (C=O) groups is 2. The van der Waals surface area contributed by atoms with Gasteiger partial charge in [-0.2, -0.15) is 5.26 Å². The molecule has 4 nitrogen and oxygen atoms in total. The SMILES string of the molecule is CC(=O)C(C#N)C1=NC(=O)CS1. The number of hydrogen-bond acceptors (Lipinski definition) is 4. The molecule has 12 heavy (non-hydrogen) atoms. The van der Waals surface area contributed by atoms with Gasteiger partial charge in [0, 0.05) is 0 Å². The summed E-state index contributed by atoms with van der Waals surface area (Å²) in [4.78, 5) is 25.1. The standard InChI is InChI=1S/C7H6N2O2S/c1-4(10)5(2-8)7-9-6(11)3-12-7/h5H,3H2,1H3. The molecule has 1 heterocycles. The van der Waals surface area contributed by atoms with E-state index in [4.69, 9.17) is 5.26 Å². The van der Waals surface area contributed by atoms with Crippen LogP contribution < -0.4 is 0 Å². The van der Waals surface area contributed by atoms with Gasteiger partial charge in [0.1, 0.15) is 5.04 Å². The minimum absolute atomic E-state index is 0.251. The van der Waals surface area contributed by atoms with E-state index in [-0.39, 0.29) is 17.4 Å². The van der Waals surface area contributed by atoms with Gasteiger partial charge in [0.15, 0.2) is 11.7 Å². The molecule has 0 aromatic heterocycles. The highest BCUT2D eigenvalue weighted by molar-refractivity contribution is 8.15. The van der Waals surface area contributed by atoms with Gasteiger partial charge in [-0.3, -0.25) is 9.59 Å². The topological polar surface area (TPSA) is 70.3 Å². The minimum atomic E-state index is -0.846. The van der Waals surface area contributed by atoms with Gasteiger partial charge >= 0.3 is 0 Å². The Hall–Kier alpha value is -1.15. The maximum Gasteiger partial charge on any atom is 0.256 e. The number of ketones is 1. The number of nitriles is 1. The molecule has 0 aromatic rings. The summed E-state index contributed by atoms with van der Waals surface area (Å²) in [7, 11) is 0. The molecule has 0 spiro atoms. The van der Waals surface area contributed by atoms with Gasteiger partial charge in [-0.15, -0.1) is 0 Å². The number of rotatable bonds is 2. The fourth-order valence-corrected chi connectivity index (χ4v) is 1.68. The first-order valence-electron chi connectivity index (χ1n) is 3.29. The van der Waals surface area contributed by atoms with E-state index < -0.39 is 5.92 Å². The molecule has 1 aliphatic heterocycles. The molecule has 0 aromatic carbocycles. The van der Waals surface area contributed by atoms with Gasteiger partial charge in [0.25, 0.3) is 5.91 Å². The maximum absolute atomic E-state index is 10.8. The van der Waals surface area contributed by atoms with E-state index >= 15 is 0 Å². The van der Waals surface area contributed by atoms with E-state index in [1.807, 2.05) is 6.07 Å². The van der Waals surface area contributed by atoms with Gasteiger partial charge in [-0.1, -0.05) is 11.8 Å². The third-order valence-corrected chi connectivity index (χ3v) is 2.38. The van der Waals surface area contributed by atoms with Crippen molar-refractivity contribution in [1.82, 2.24) is 0 Å². The van der Waals surface area contributed by atoms with Crippen molar-refractivity contribution in [2.24, 2.45) is 10.9 Å². The van der Waals surface area contributed by atoms with Crippen LogP contribution in [0.3, 0.4) is 0 Å². The van der Waals surface area contributed by atoms with E-state index in [0.29, 0.717) is 5.04 Å². The third-order valence-electron chi connectivity index (χ3n) is 1.36. The van der Waals surface area contributed by atoms with Crippen LogP contribution >= 0.6 is 11.8 Å². The summed E-state index contributed by atoms with van der Waals surface area (Å²) in [6.45, 7) is 1.32. The van der Waals surface area contributed by atoms with Crippen molar-refractivity contribution in [3.8, 4) is 6.07 Å². The van der Waals surface area contributed by atoms with Crippen molar-refractivity contribution in [2.45, 2.75) is 6.92 Å². The molecule has 1 aliphatic rings. The minimum Gasteiger partial charge on any atom is -0.298 e. The first-order valence-corrected chi connectivity index (χ1v) is 4.28.